The molecule has 3 heteroatoms. The Labute approximate surface area is 66.9 Å². The van der Waals surface area contributed by atoms with Crippen LogP contribution in [0.2, 0.25) is 0 Å². The Balaban J connectivity index is 2.56. The van der Waals surface area contributed by atoms with Gasteiger partial charge in [0.15, 0.2) is 0 Å². The summed E-state index contributed by atoms with van der Waals surface area (Å²) in [5.74, 6) is -0.250. The minimum Gasteiger partial charge on any atom is -0.469 e. The molecule has 1 fully saturated rings. The minimum atomic E-state index is -0.160. The molecule has 0 radical (unpaired) electrons. The first-order valence-electron chi connectivity index (χ1n) is 3.92. The fourth-order valence-electron chi connectivity index (χ4n) is 1.35. The highest BCUT2D eigenvalue weighted by atomic mass is 16.5. The molecule has 1 saturated carbocycles. The fourth-order valence-corrected chi connectivity index (χ4v) is 1.35. The summed E-state index contributed by atoms with van der Waals surface area (Å²) in [5, 5.41) is 0. The van der Waals surface area contributed by atoms with Crippen molar-refractivity contribution in [2.45, 2.75) is 19.8 Å². The lowest BCUT2D eigenvalue weighted by atomic mass is 9.91. The normalized spacial score (nSPS) is 22.5. The summed E-state index contributed by atoms with van der Waals surface area (Å²) >= 11 is 0. The quantitative estimate of drug-likeness (QED) is 0.608. The van der Waals surface area contributed by atoms with Crippen molar-refractivity contribution < 1.29 is 9.53 Å². The van der Waals surface area contributed by atoms with Crippen molar-refractivity contribution in [2.75, 3.05) is 13.7 Å². The molecule has 0 aromatic carbocycles. The molecule has 1 atom stereocenters. The zero-order valence-electron chi connectivity index (χ0n) is 7.09. The van der Waals surface area contributed by atoms with Gasteiger partial charge in [-0.2, -0.15) is 0 Å². The maximum atomic E-state index is 11.1. The van der Waals surface area contributed by atoms with Crippen LogP contribution in [0.5, 0.6) is 0 Å². The van der Waals surface area contributed by atoms with Crippen molar-refractivity contribution in [3.63, 3.8) is 0 Å². The van der Waals surface area contributed by atoms with Gasteiger partial charge in [0.25, 0.3) is 0 Å². The highest BCUT2D eigenvalue weighted by Gasteiger charge is 2.48. The largest absolute Gasteiger partial charge is 0.469 e. The van der Waals surface area contributed by atoms with Gasteiger partial charge >= 0.3 is 5.97 Å². The zero-order valence-corrected chi connectivity index (χ0v) is 7.09. The van der Waals surface area contributed by atoms with Crippen molar-refractivity contribution in [2.24, 2.45) is 17.1 Å². The second kappa shape index (κ2) is 2.81. The molecule has 1 aliphatic rings. The summed E-state index contributed by atoms with van der Waals surface area (Å²) in [5.41, 5.74) is 5.62. The van der Waals surface area contributed by atoms with Gasteiger partial charge in [0.1, 0.15) is 0 Å². The van der Waals surface area contributed by atoms with E-state index in [0.29, 0.717) is 6.54 Å². The maximum absolute atomic E-state index is 11.1. The van der Waals surface area contributed by atoms with E-state index in [1.807, 2.05) is 0 Å². The number of methoxy groups -OCH3 is 1. The van der Waals surface area contributed by atoms with E-state index in [9.17, 15) is 4.79 Å². The van der Waals surface area contributed by atoms with E-state index in [0.717, 1.165) is 12.8 Å². The molecule has 0 saturated heterocycles. The SMILES string of the molecule is COC(=O)C(CN)C1(C)CC1. The molecule has 11 heavy (non-hydrogen) atoms. The second-order valence-electron chi connectivity index (χ2n) is 3.47. The third kappa shape index (κ3) is 1.53. The lowest BCUT2D eigenvalue weighted by Gasteiger charge is -2.18. The van der Waals surface area contributed by atoms with Gasteiger partial charge < -0.3 is 10.5 Å². The lowest BCUT2D eigenvalue weighted by Crippen LogP contribution is -2.31. The van der Waals surface area contributed by atoms with Crippen LogP contribution in [0.3, 0.4) is 0 Å². The van der Waals surface area contributed by atoms with Gasteiger partial charge in [-0.25, -0.2) is 0 Å². The third-order valence-electron chi connectivity index (χ3n) is 2.60. The van der Waals surface area contributed by atoms with E-state index in [4.69, 9.17) is 5.73 Å². The molecule has 1 rings (SSSR count). The number of ether oxygens (including phenoxy) is 1. The standard InChI is InChI=1S/C8H15NO2/c1-8(3-4-8)6(5-9)7(10)11-2/h6H,3-5,9H2,1-2H3. The van der Waals surface area contributed by atoms with Crippen LogP contribution >= 0.6 is 0 Å². The summed E-state index contributed by atoms with van der Waals surface area (Å²) in [6.07, 6.45) is 2.20. The number of hydrogen-bond acceptors (Lipinski definition) is 3. The van der Waals surface area contributed by atoms with Gasteiger partial charge in [0, 0.05) is 6.54 Å². The number of carbonyl (C=O) groups is 1. The fraction of sp³-hybridized carbons (Fsp3) is 0.875. The van der Waals surface area contributed by atoms with Gasteiger partial charge in [-0.3, -0.25) is 4.79 Å². The molecule has 1 unspecified atom stereocenters. The van der Waals surface area contributed by atoms with Crippen molar-refractivity contribution in [1.29, 1.82) is 0 Å². The summed E-state index contributed by atoms with van der Waals surface area (Å²) in [6.45, 7) is 2.49. The first-order valence-corrected chi connectivity index (χ1v) is 3.92. The first kappa shape index (κ1) is 8.53. The Morgan fingerprint density at radius 2 is 2.27 bits per heavy atom. The van der Waals surface area contributed by atoms with Crippen molar-refractivity contribution in [1.82, 2.24) is 0 Å². The van der Waals surface area contributed by atoms with Crippen LogP contribution in [0.4, 0.5) is 0 Å². The van der Waals surface area contributed by atoms with Gasteiger partial charge in [-0.1, -0.05) is 6.92 Å². The van der Waals surface area contributed by atoms with Crippen LogP contribution in [0, 0.1) is 11.3 Å². The molecule has 64 valence electrons. The molecule has 0 aromatic rings. The van der Waals surface area contributed by atoms with E-state index in [1.54, 1.807) is 0 Å². The Hall–Kier alpha value is -0.570. The molecular weight excluding hydrogens is 142 g/mol. The average Bonchev–Trinajstić information content (AvgIpc) is 2.70. The van der Waals surface area contributed by atoms with Crippen LogP contribution in [-0.4, -0.2) is 19.6 Å². The summed E-state index contributed by atoms with van der Waals surface area (Å²) in [6, 6.07) is 0. The second-order valence-corrected chi connectivity index (χ2v) is 3.47. The average molecular weight is 157 g/mol. The molecule has 2 N–H and O–H groups in total. The molecule has 3 nitrogen and oxygen atoms in total. The number of hydrogen-bond donors (Lipinski definition) is 1. The topological polar surface area (TPSA) is 52.3 Å². The molecule has 0 aliphatic heterocycles. The van der Waals surface area contributed by atoms with E-state index in [2.05, 4.69) is 11.7 Å². The number of esters is 1. The highest BCUT2D eigenvalue weighted by molar-refractivity contribution is 5.74. The monoisotopic (exact) mass is 157 g/mol. The molecule has 0 spiro atoms. The molecule has 0 aromatic heterocycles. The van der Waals surface area contributed by atoms with Crippen molar-refractivity contribution in [3.05, 3.63) is 0 Å². The predicted octanol–water partition coefficient (Wildman–Crippen LogP) is 0.534. The first-order chi connectivity index (χ1) is 5.14. The van der Waals surface area contributed by atoms with Gasteiger partial charge in [-0.05, 0) is 18.3 Å². The minimum absolute atomic E-state index is 0.0903. The summed E-state index contributed by atoms with van der Waals surface area (Å²) in [4.78, 5) is 11.1. The van der Waals surface area contributed by atoms with Crippen molar-refractivity contribution >= 4 is 5.97 Å². The molecule has 1 aliphatic carbocycles. The van der Waals surface area contributed by atoms with E-state index >= 15 is 0 Å². The van der Waals surface area contributed by atoms with Crippen LogP contribution in [0.15, 0.2) is 0 Å². The van der Waals surface area contributed by atoms with Crippen LogP contribution < -0.4 is 5.73 Å². The highest BCUT2D eigenvalue weighted by Crippen LogP contribution is 2.51. The number of rotatable bonds is 3. The Morgan fingerprint density at radius 3 is 2.55 bits per heavy atom. The maximum Gasteiger partial charge on any atom is 0.310 e. The Bertz CT molecular complexity index is 163. The summed E-state index contributed by atoms with van der Waals surface area (Å²) < 4.78 is 4.65. The van der Waals surface area contributed by atoms with Gasteiger partial charge in [-0.15, -0.1) is 0 Å². The van der Waals surface area contributed by atoms with E-state index in [-0.39, 0.29) is 17.3 Å². The Kier molecular flexibility index (Phi) is 2.18. The molecular formula is C8H15NO2. The Morgan fingerprint density at radius 1 is 1.73 bits per heavy atom. The van der Waals surface area contributed by atoms with Crippen LogP contribution in [-0.2, 0) is 9.53 Å². The summed E-state index contributed by atoms with van der Waals surface area (Å²) in [7, 11) is 1.41. The zero-order chi connectivity index (χ0) is 8.48. The number of carbonyl (C=O) groups excluding carboxylic acids is 1. The van der Waals surface area contributed by atoms with Crippen LogP contribution in [0.1, 0.15) is 19.8 Å². The van der Waals surface area contributed by atoms with Gasteiger partial charge in [0.05, 0.1) is 13.0 Å². The van der Waals surface area contributed by atoms with E-state index in [1.165, 1.54) is 7.11 Å². The van der Waals surface area contributed by atoms with E-state index < -0.39 is 0 Å². The van der Waals surface area contributed by atoms with Crippen molar-refractivity contribution in [3.8, 4) is 0 Å². The van der Waals surface area contributed by atoms with Gasteiger partial charge in [0.2, 0.25) is 0 Å². The predicted molar refractivity (Wildman–Crippen MR) is 41.9 cm³/mol. The third-order valence-corrected chi connectivity index (χ3v) is 2.60. The molecule has 0 heterocycles. The lowest BCUT2D eigenvalue weighted by molar-refractivity contribution is -0.147. The molecule has 0 bridgehead atoms. The number of nitrogens with two attached hydrogens (primary N) is 1. The smallest absolute Gasteiger partial charge is 0.310 e. The van der Waals surface area contributed by atoms with Crippen LogP contribution in [0.25, 0.3) is 0 Å². The molecule has 0 amide bonds.